The molecule has 1 fully saturated rings. The number of benzene rings is 2. The number of piperidine rings is 1. The van der Waals surface area contributed by atoms with Crippen LogP contribution in [0.4, 0.5) is 5.69 Å². The minimum absolute atomic E-state index is 0.169. The number of para-hydroxylation sites is 1. The zero-order chi connectivity index (χ0) is 19.5. The number of methoxy groups -OCH3 is 1. The fraction of sp³-hybridized carbons (Fsp3) is 0.304. The summed E-state index contributed by atoms with van der Waals surface area (Å²) in [6.45, 7) is 1.49. The summed E-state index contributed by atoms with van der Waals surface area (Å²) >= 11 is 0. The van der Waals surface area contributed by atoms with Crippen molar-refractivity contribution in [2.75, 3.05) is 25.9 Å². The molecule has 28 heavy (non-hydrogen) atoms. The summed E-state index contributed by atoms with van der Waals surface area (Å²) < 4.78 is 5.17. The van der Waals surface area contributed by atoms with Crippen molar-refractivity contribution >= 4 is 22.5 Å². The van der Waals surface area contributed by atoms with Gasteiger partial charge in [-0.3, -0.25) is 9.78 Å². The number of nitrogens with zero attached hydrogens (tertiary/aromatic N) is 2. The molecule has 3 aromatic rings. The first kappa shape index (κ1) is 18.3. The van der Waals surface area contributed by atoms with Gasteiger partial charge in [0.1, 0.15) is 5.75 Å². The first-order valence-electron chi connectivity index (χ1n) is 9.70. The number of likely N-dealkylation sites (tertiary alicyclic amines) is 1. The molecule has 2 N–H and O–H groups in total. The van der Waals surface area contributed by atoms with Crippen molar-refractivity contribution in [2.45, 2.75) is 25.2 Å². The number of anilines is 1. The van der Waals surface area contributed by atoms with Crippen molar-refractivity contribution in [3.8, 4) is 5.75 Å². The van der Waals surface area contributed by atoms with Gasteiger partial charge in [0.05, 0.1) is 30.4 Å². The van der Waals surface area contributed by atoms with Gasteiger partial charge in [-0.15, -0.1) is 0 Å². The normalized spacial score (nSPS) is 15.0. The summed E-state index contributed by atoms with van der Waals surface area (Å²) in [5, 5.41) is 1.07. The summed E-state index contributed by atoms with van der Waals surface area (Å²) in [4.78, 5) is 19.4. The quantitative estimate of drug-likeness (QED) is 0.754. The first-order valence-corrected chi connectivity index (χ1v) is 9.70. The highest BCUT2D eigenvalue weighted by atomic mass is 16.5. The van der Waals surface area contributed by atoms with Gasteiger partial charge < -0.3 is 15.4 Å². The van der Waals surface area contributed by atoms with Crippen molar-refractivity contribution in [1.82, 2.24) is 9.88 Å². The van der Waals surface area contributed by atoms with Crippen LogP contribution < -0.4 is 10.5 Å². The number of ether oxygens (including phenoxy) is 1. The fourth-order valence-corrected chi connectivity index (χ4v) is 3.91. The van der Waals surface area contributed by atoms with Crippen LogP contribution in [0.1, 0.15) is 30.0 Å². The first-order chi connectivity index (χ1) is 13.6. The second-order valence-corrected chi connectivity index (χ2v) is 7.34. The van der Waals surface area contributed by atoms with Gasteiger partial charge in [-0.05, 0) is 42.7 Å². The molecule has 0 spiro atoms. The molecule has 2 aromatic carbocycles. The van der Waals surface area contributed by atoms with E-state index in [9.17, 15) is 4.79 Å². The topological polar surface area (TPSA) is 68.5 Å². The molecule has 144 valence electrons. The number of rotatable bonds is 4. The van der Waals surface area contributed by atoms with Crippen LogP contribution in [0.15, 0.2) is 54.6 Å². The van der Waals surface area contributed by atoms with E-state index < -0.39 is 0 Å². The summed E-state index contributed by atoms with van der Waals surface area (Å²) in [5.41, 5.74) is 9.99. The highest BCUT2D eigenvalue weighted by Gasteiger charge is 2.26. The molecule has 5 nitrogen and oxygen atoms in total. The number of hydrogen-bond donors (Lipinski definition) is 1. The number of aromatic nitrogens is 1. The van der Waals surface area contributed by atoms with Crippen molar-refractivity contribution in [1.29, 1.82) is 0 Å². The van der Waals surface area contributed by atoms with Gasteiger partial charge in [0.15, 0.2) is 0 Å². The van der Waals surface area contributed by atoms with Crippen LogP contribution in [0.2, 0.25) is 0 Å². The Morgan fingerprint density at radius 3 is 2.57 bits per heavy atom. The van der Waals surface area contributed by atoms with Crippen LogP contribution in [0, 0.1) is 0 Å². The number of pyridine rings is 1. The number of nitrogen functional groups attached to an aromatic ring is 1. The highest BCUT2D eigenvalue weighted by Crippen LogP contribution is 2.32. The summed E-state index contributed by atoms with van der Waals surface area (Å²) in [5.74, 6) is 1.27. The molecule has 1 amide bonds. The average molecular weight is 375 g/mol. The number of hydrogen-bond acceptors (Lipinski definition) is 4. The molecule has 2 heterocycles. The highest BCUT2D eigenvalue weighted by molar-refractivity contribution is 5.82. The van der Waals surface area contributed by atoms with Crippen molar-refractivity contribution < 1.29 is 9.53 Å². The third kappa shape index (κ3) is 3.79. The summed E-state index contributed by atoms with van der Waals surface area (Å²) in [7, 11) is 1.64. The van der Waals surface area contributed by atoms with Crippen molar-refractivity contribution in [3.63, 3.8) is 0 Å². The monoisotopic (exact) mass is 375 g/mol. The zero-order valence-electron chi connectivity index (χ0n) is 16.1. The van der Waals surface area contributed by atoms with E-state index in [1.165, 1.54) is 0 Å². The van der Waals surface area contributed by atoms with E-state index in [0.29, 0.717) is 12.3 Å². The maximum atomic E-state index is 12.7. The lowest BCUT2D eigenvalue weighted by atomic mass is 9.91. The van der Waals surface area contributed by atoms with Gasteiger partial charge in [0.25, 0.3) is 0 Å². The van der Waals surface area contributed by atoms with Crippen LogP contribution in [0.5, 0.6) is 5.75 Å². The van der Waals surface area contributed by atoms with Crippen LogP contribution >= 0.6 is 0 Å². The van der Waals surface area contributed by atoms with E-state index in [0.717, 1.165) is 59.5 Å². The molecular formula is C23H25N3O2. The van der Waals surface area contributed by atoms with Crippen molar-refractivity contribution in [3.05, 3.63) is 65.9 Å². The Morgan fingerprint density at radius 1 is 1.14 bits per heavy atom. The number of carbonyl (C=O) groups is 1. The minimum atomic E-state index is 0.169. The van der Waals surface area contributed by atoms with E-state index >= 15 is 0 Å². The molecule has 5 heteroatoms. The lowest BCUT2D eigenvalue weighted by Gasteiger charge is -2.32. The van der Waals surface area contributed by atoms with Gasteiger partial charge in [-0.25, -0.2) is 0 Å². The number of carbonyl (C=O) groups excluding carboxylic acids is 1. The van der Waals surface area contributed by atoms with Gasteiger partial charge in [0.2, 0.25) is 5.91 Å². The second kappa shape index (κ2) is 7.89. The molecule has 0 saturated carbocycles. The van der Waals surface area contributed by atoms with Gasteiger partial charge in [-0.1, -0.05) is 30.3 Å². The number of nitrogens with two attached hydrogens (primary N) is 1. The van der Waals surface area contributed by atoms with E-state index in [1.54, 1.807) is 7.11 Å². The third-order valence-corrected chi connectivity index (χ3v) is 5.53. The fourth-order valence-electron chi connectivity index (χ4n) is 3.91. The molecular weight excluding hydrogens is 350 g/mol. The third-order valence-electron chi connectivity index (χ3n) is 5.53. The molecule has 0 radical (unpaired) electrons. The molecule has 4 rings (SSSR count). The minimum Gasteiger partial charge on any atom is -0.497 e. The SMILES string of the molecule is COc1ccc(CC(=O)N2CCC(c3nc4ccccc4cc3N)CC2)cc1. The van der Waals surface area contributed by atoms with Crippen LogP contribution in [0.25, 0.3) is 10.9 Å². The molecule has 0 unspecified atom stereocenters. The average Bonchev–Trinajstić information content (AvgIpc) is 2.74. The Kier molecular flexibility index (Phi) is 5.15. The maximum absolute atomic E-state index is 12.7. The molecule has 0 aliphatic carbocycles. The number of fused-ring (bicyclic) bond motifs is 1. The Labute approximate surface area is 165 Å². The molecule has 1 aliphatic rings. The lowest BCUT2D eigenvalue weighted by molar-refractivity contribution is -0.131. The Hall–Kier alpha value is -3.08. The largest absolute Gasteiger partial charge is 0.497 e. The zero-order valence-corrected chi connectivity index (χ0v) is 16.1. The lowest BCUT2D eigenvalue weighted by Crippen LogP contribution is -2.39. The van der Waals surface area contributed by atoms with Gasteiger partial charge in [-0.2, -0.15) is 0 Å². The second-order valence-electron chi connectivity index (χ2n) is 7.34. The van der Waals surface area contributed by atoms with Crippen LogP contribution in [-0.2, 0) is 11.2 Å². The standard InChI is InChI=1S/C23H25N3O2/c1-28-19-8-6-16(7-9-19)14-22(27)26-12-10-17(11-13-26)23-20(24)15-18-4-2-3-5-21(18)25-23/h2-9,15,17H,10-14,24H2,1H3. The van der Waals surface area contributed by atoms with E-state index in [2.05, 4.69) is 0 Å². The van der Waals surface area contributed by atoms with Gasteiger partial charge in [0, 0.05) is 24.4 Å². The smallest absolute Gasteiger partial charge is 0.226 e. The summed E-state index contributed by atoms with van der Waals surface area (Å²) in [6.07, 6.45) is 2.21. The predicted molar refractivity (Wildman–Crippen MR) is 111 cm³/mol. The summed E-state index contributed by atoms with van der Waals surface area (Å²) in [6, 6.07) is 17.7. The Bertz CT molecular complexity index is 977. The number of amides is 1. The Balaban J connectivity index is 1.40. The molecule has 0 atom stereocenters. The van der Waals surface area contributed by atoms with Crippen LogP contribution in [0.3, 0.4) is 0 Å². The van der Waals surface area contributed by atoms with E-state index in [4.69, 9.17) is 15.5 Å². The van der Waals surface area contributed by atoms with E-state index in [1.807, 2.05) is 59.5 Å². The van der Waals surface area contributed by atoms with E-state index in [-0.39, 0.29) is 5.91 Å². The molecule has 1 saturated heterocycles. The predicted octanol–water partition coefficient (Wildman–Crippen LogP) is 3.77. The molecule has 0 bridgehead atoms. The van der Waals surface area contributed by atoms with Crippen LogP contribution in [-0.4, -0.2) is 36.0 Å². The van der Waals surface area contributed by atoms with Gasteiger partial charge >= 0.3 is 0 Å². The van der Waals surface area contributed by atoms with Crippen molar-refractivity contribution in [2.24, 2.45) is 0 Å². The molecule has 1 aliphatic heterocycles. The molecule has 1 aromatic heterocycles. The maximum Gasteiger partial charge on any atom is 0.226 e. The Morgan fingerprint density at radius 2 is 1.86 bits per heavy atom.